The van der Waals surface area contributed by atoms with E-state index in [2.05, 4.69) is 11.8 Å². The van der Waals surface area contributed by atoms with E-state index >= 15 is 0 Å². The van der Waals surface area contributed by atoms with E-state index in [0.717, 1.165) is 11.1 Å². The average Bonchev–Trinajstić information content (AvgIpc) is 2.42. The van der Waals surface area contributed by atoms with Gasteiger partial charge in [0.1, 0.15) is 5.60 Å². The zero-order valence-corrected chi connectivity index (χ0v) is 13.6. The molecule has 0 bridgehead atoms. The molecule has 0 aromatic heterocycles. The maximum Gasteiger partial charge on any atom is 0.384 e. The molecule has 0 radical (unpaired) electrons. The van der Waals surface area contributed by atoms with Crippen LogP contribution in [0.3, 0.4) is 0 Å². The average molecular weight is 302 g/mol. The Kier molecular flexibility index (Phi) is 6.65. The van der Waals surface area contributed by atoms with Crippen LogP contribution in [-0.2, 0) is 25.5 Å². The first-order valence-electron chi connectivity index (χ1n) is 7.30. The molecule has 0 saturated carbocycles. The molecule has 0 N–H and O–H groups in total. The van der Waals surface area contributed by atoms with E-state index in [1.807, 2.05) is 45.0 Å². The third-order valence-corrected chi connectivity index (χ3v) is 2.61. The van der Waals surface area contributed by atoms with Crippen LogP contribution in [0.25, 0.3) is 0 Å². The first-order valence-corrected chi connectivity index (χ1v) is 7.30. The standard InChI is InChI=1S/C18H22O4/c1-5-21-16(19)12-10-14-8-6-7-9-15(14)11-13-17(20)22-18(2,3)4/h6-9H,5,11,13H2,1-4H3. The summed E-state index contributed by atoms with van der Waals surface area (Å²) in [4.78, 5) is 23.0. The van der Waals surface area contributed by atoms with Gasteiger partial charge in [-0.2, -0.15) is 0 Å². The number of hydrogen-bond donors (Lipinski definition) is 0. The molecule has 0 fully saturated rings. The molecule has 0 spiro atoms. The zero-order chi connectivity index (χ0) is 16.6. The maximum atomic E-state index is 11.8. The molecule has 1 aromatic carbocycles. The summed E-state index contributed by atoms with van der Waals surface area (Å²) in [7, 11) is 0. The first-order chi connectivity index (χ1) is 10.3. The van der Waals surface area contributed by atoms with Crippen molar-refractivity contribution in [2.24, 2.45) is 0 Å². The van der Waals surface area contributed by atoms with E-state index in [4.69, 9.17) is 9.47 Å². The molecule has 0 atom stereocenters. The highest BCUT2D eigenvalue weighted by Crippen LogP contribution is 2.13. The van der Waals surface area contributed by atoms with Gasteiger partial charge in [-0.1, -0.05) is 24.1 Å². The van der Waals surface area contributed by atoms with Gasteiger partial charge in [-0.15, -0.1) is 0 Å². The summed E-state index contributed by atoms with van der Waals surface area (Å²) in [6, 6.07) is 7.42. The van der Waals surface area contributed by atoms with E-state index < -0.39 is 11.6 Å². The smallest absolute Gasteiger partial charge is 0.384 e. The Morgan fingerprint density at radius 1 is 1.18 bits per heavy atom. The highest BCUT2D eigenvalue weighted by Gasteiger charge is 2.16. The van der Waals surface area contributed by atoms with Crippen molar-refractivity contribution in [1.29, 1.82) is 0 Å². The largest absolute Gasteiger partial charge is 0.460 e. The quantitative estimate of drug-likeness (QED) is 0.634. The Labute approximate surface area is 131 Å². The van der Waals surface area contributed by atoms with Gasteiger partial charge in [0.05, 0.1) is 6.61 Å². The Bertz CT molecular complexity index is 585. The Balaban J connectivity index is 2.72. The van der Waals surface area contributed by atoms with Crippen molar-refractivity contribution < 1.29 is 19.1 Å². The number of rotatable bonds is 4. The molecule has 0 aliphatic carbocycles. The van der Waals surface area contributed by atoms with E-state index in [1.165, 1.54) is 0 Å². The second-order valence-corrected chi connectivity index (χ2v) is 5.71. The van der Waals surface area contributed by atoms with E-state index in [1.54, 1.807) is 6.92 Å². The van der Waals surface area contributed by atoms with Crippen LogP contribution in [0.15, 0.2) is 24.3 Å². The molecule has 0 heterocycles. The van der Waals surface area contributed by atoms with Gasteiger partial charge < -0.3 is 9.47 Å². The number of aryl methyl sites for hydroxylation is 1. The third-order valence-electron chi connectivity index (χ3n) is 2.61. The molecule has 1 rings (SSSR count). The minimum Gasteiger partial charge on any atom is -0.460 e. The molecule has 0 aliphatic heterocycles. The van der Waals surface area contributed by atoms with Crippen molar-refractivity contribution in [2.75, 3.05) is 6.61 Å². The van der Waals surface area contributed by atoms with Gasteiger partial charge in [0.25, 0.3) is 0 Å². The summed E-state index contributed by atoms with van der Waals surface area (Å²) in [5.41, 5.74) is 1.14. The van der Waals surface area contributed by atoms with Crippen molar-refractivity contribution in [3.05, 3.63) is 35.4 Å². The van der Waals surface area contributed by atoms with E-state index in [0.29, 0.717) is 13.0 Å². The van der Waals surface area contributed by atoms with Gasteiger partial charge in [-0.3, -0.25) is 4.79 Å². The zero-order valence-electron chi connectivity index (χ0n) is 13.6. The van der Waals surface area contributed by atoms with Crippen molar-refractivity contribution in [1.82, 2.24) is 0 Å². The van der Waals surface area contributed by atoms with Crippen LogP contribution >= 0.6 is 0 Å². The molecule has 0 unspecified atom stereocenters. The van der Waals surface area contributed by atoms with Crippen molar-refractivity contribution in [2.45, 2.75) is 46.1 Å². The van der Waals surface area contributed by atoms with Crippen LogP contribution in [-0.4, -0.2) is 24.1 Å². The normalized spacial score (nSPS) is 10.4. The lowest BCUT2D eigenvalue weighted by molar-refractivity contribution is -0.154. The number of carbonyl (C=O) groups is 2. The van der Waals surface area contributed by atoms with Gasteiger partial charge in [0.2, 0.25) is 0 Å². The summed E-state index contributed by atoms with van der Waals surface area (Å²) >= 11 is 0. The number of benzene rings is 1. The predicted octanol–water partition coefficient (Wildman–Crippen LogP) is 2.88. The highest BCUT2D eigenvalue weighted by atomic mass is 16.6. The molecule has 4 nitrogen and oxygen atoms in total. The van der Waals surface area contributed by atoms with Crippen LogP contribution in [0.2, 0.25) is 0 Å². The maximum absolute atomic E-state index is 11.8. The molecule has 22 heavy (non-hydrogen) atoms. The summed E-state index contributed by atoms with van der Waals surface area (Å²) in [5, 5.41) is 0. The molecule has 118 valence electrons. The van der Waals surface area contributed by atoms with Gasteiger partial charge in [0.15, 0.2) is 0 Å². The summed E-state index contributed by atoms with van der Waals surface area (Å²) in [6.45, 7) is 7.54. The Hall–Kier alpha value is -2.28. The SMILES string of the molecule is CCOC(=O)C#Cc1ccccc1CCC(=O)OC(C)(C)C. The topological polar surface area (TPSA) is 52.6 Å². The monoisotopic (exact) mass is 302 g/mol. The summed E-state index contributed by atoms with van der Waals surface area (Å²) in [6.07, 6.45) is 0.790. The van der Waals surface area contributed by atoms with Crippen LogP contribution in [0.5, 0.6) is 0 Å². The molecular weight excluding hydrogens is 280 g/mol. The summed E-state index contributed by atoms with van der Waals surface area (Å²) < 4.78 is 10.1. The predicted molar refractivity (Wildman–Crippen MR) is 84.1 cm³/mol. The van der Waals surface area contributed by atoms with Gasteiger partial charge >= 0.3 is 11.9 Å². The lowest BCUT2D eigenvalue weighted by Gasteiger charge is -2.19. The number of esters is 2. The van der Waals surface area contributed by atoms with E-state index in [-0.39, 0.29) is 12.4 Å². The number of carbonyl (C=O) groups excluding carboxylic acids is 2. The van der Waals surface area contributed by atoms with Crippen LogP contribution in [0.1, 0.15) is 45.2 Å². The number of ether oxygens (including phenoxy) is 2. The second-order valence-electron chi connectivity index (χ2n) is 5.71. The lowest BCUT2D eigenvalue weighted by atomic mass is 10.0. The fourth-order valence-corrected chi connectivity index (χ4v) is 1.78. The van der Waals surface area contributed by atoms with Crippen molar-refractivity contribution in [3.8, 4) is 11.8 Å². The molecular formula is C18H22O4. The lowest BCUT2D eigenvalue weighted by Crippen LogP contribution is -2.24. The van der Waals surface area contributed by atoms with Gasteiger partial charge in [-0.25, -0.2) is 4.79 Å². The Morgan fingerprint density at radius 2 is 1.86 bits per heavy atom. The minimum absolute atomic E-state index is 0.249. The van der Waals surface area contributed by atoms with Crippen LogP contribution < -0.4 is 0 Å². The first kappa shape index (κ1) is 17.8. The van der Waals surface area contributed by atoms with Gasteiger partial charge in [-0.05, 0) is 45.7 Å². The number of hydrogen-bond acceptors (Lipinski definition) is 4. The second kappa shape index (κ2) is 8.23. The molecule has 0 saturated heterocycles. The van der Waals surface area contributed by atoms with Crippen LogP contribution in [0.4, 0.5) is 0 Å². The molecule has 1 aromatic rings. The highest BCUT2D eigenvalue weighted by molar-refractivity contribution is 5.89. The fraction of sp³-hybridized carbons (Fsp3) is 0.444. The van der Waals surface area contributed by atoms with Crippen molar-refractivity contribution in [3.63, 3.8) is 0 Å². The molecule has 4 heteroatoms. The van der Waals surface area contributed by atoms with Crippen molar-refractivity contribution >= 4 is 11.9 Å². The molecule has 0 aliphatic rings. The fourth-order valence-electron chi connectivity index (χ4n) is 1.78. The third kappa shape index (κ3) is 6.94. The molecule has 0 amide bonds. The minimum atomic E-state index is -0.551. The van der Waals surface area contributed by atoms with Crippen LogP contribution in [0, 0.1) is 11.8 Å². The van der Waals surface area contributed by atoms with Gasteiger partial charge in [0, 0.05) is 17.9 Å². The Morgan fingerprint density at radius 3 is 2.50 bits per heavy atom. The van der Waals surface area contributed by atoms with E-state index in [9.17, 15) is 9.59 Å². The summed E-state index contributed by atoms with van der Waals surface area (Å²) in [5.74, 6) is 4.43.